The van der Waals surface area contributed by atoms with Crippen molar-refractivity contribution < 1.29 is 0 Å². The molecule has 0 amide bonds. The topological polar surface area (TPSA) is 29.9 Å². The minimum atomic E-state index is 0.452. The predicted octanol–water partition coefficient (Wildman–Crippen LogP) is 3.38. The maximum atomic E-state index is 4.59. The summed E-state index contributed by atoms with van der Waals surface area (Å²) in [4.78, 5) is 0. The summed E-state index contributed by atoms with van der Waals surface area (Å²) in [5.41, 5.74) is 1.16. The average molecular weight is 249 g/mol. The fraction of sp³-hybridized carbons (Fsp3) is 0.800. The van der Waals surface area contributed by atoms with Crippen LogP contribution in [0.5, 0.6) is 0 Å². The van der Waals surface area contributed by atoms with Crippen molar-refractivity contribution >= 4 is 0 Å². The van der Waals surface area contributed by atoms with Crippen molar-refractivity contribution in [2.45, 2.75) is 65.6 Å². The molecule has 0 spiro atoms. The molecule has 1 saturated carbocycles. The summed E-state index contributed by atoms with van der Waals surface area (Å²) in [6, 6.07) is 3.26. The molecule has 3 atom stereocenters. The van der Waals surface area contributed by atoms with Gasteiger partial charge < -0.3 is 5.32 Å². The summed E-state index contributed by atoms with van der Waals surface area (Å²) in [6.45, 7) is 9.94. The largest absolute Gasteiger partial charge is 0.308 e. The maximum absolute atomic E-state index is 4.59. The summed E-state index contributed by atoms with van der Waals surface area (Å²) < 4.78 is 2.03. The Morgan fingerprint density at radius 1 is 1.44 bits per heavy atom. The molecule has 1 fully saturated rings. The third-order valence-corrected chi connectivity index (χ3v) is 4.49. The van der Waals surface area contributed by atoms with Crippen LogP contribution in [0.2, 0.25) is 0 Å². The first-order valence-corrected chi connectivity index (χ1v) is 7.39. The Bertz CT molecular complexity index is 370. The molecule has 0 radical (unpaired) electrons. The Morgan fingerprint density at radius 3 is 2.78 bits per heavy atom. The maximum Gasteiger partial charge on any atom is 0.0762 e. The van der Waals surface area contributed by atoms with E-state index in [1.54, 1.807) is 0 Å². The van der Waals surface area contributed by atoms with E-state index in [0.29, 0.717) is 12.1 Å². The van der Waals surface area contributed by atoms with Crippen LogP contribution < -0.4 is 5.32 Å². The molecule has 1 N–H and O–H groups in total. The third-order valence-electron chi connectivity index (χ3n) is 4.49. The second-order valence-corrected chi connectivity index (χ2v) is 5.97. The van der Waals surface area contributed by atoms with Gasteiger partial charge in [0.2, 0.25) is 0 Å². The Balaban J connectivity index is 1.84. The van der Waals surface area contributed by atoms with Crippen molar-refractivity contribution in [3.05, 3.63) is 18.0 Å². The van der Waals surface area contributed by atoms with Crippen LogP contribution >= 0.6 is 0 Å². The molecule has 3 unspecified atom stereocenters. The number of nitrogens with one attached hydrogen (secondary N) is 1. The molecule has 0 saturated heterocycles. The van der Waals surface area contributed by atoms with Crippen LogP contribution in [0.1, 0.15) is 58.7 Å². The Kier molecular flexibility index (Phi) is 4.44. The van der Waals surface area contributed by atoms with Gasteiger partial charge >= 0.3 is 0 Å². The van der Waals surface area contributed by atoms with E-state index < -0.39 is 0 Å². The standard InChI is InChI=1S/C15H27N3/c1-5-13-6-7-15(12(13)4)16-10-14-8-9-18(17-14)11(2)3/h8-9,11-13,15-16H,5-7,10H2,1-4H3. The van der Waals surface area contributed by atoms with Gasteiger partial charge in [-0.05, 0) is 44.6 Å². The first kappa shape index (κ1) is 13.6. The summed E-state index contributed by atoms with van der Waals surface area (Å²) >= 11 is 0. The van der Waals surface area contributed by atoms with Gasteiger partial charge in [0, 0.05) is 24.8 Å². The first-order chi connectivity index (χ1) is 8.61. The van der Waals surface area contributed by atoms with Gasteiger partial charge in [0.25, 0.3) is 0 Å². The van der Waals surface area contributed by atoms with Gasteiger partial charge in [-0.25, -0.2) is 0 Å². The van der Waals surface area contributed by atoms with Crippen LogP contribution in [0.4, 0.5) is 0 Å². The lowest BCUT2D eigenvalue weighted by Gasteiger charge is -2.20. The van der Waals surface area contributed by atoms with Crippen molar-refractivity contribution in [2.75, 3.05) is 0 Å². The number of hydrogen-bond acceptors (Lipinski definition) is 2. The average Bonchev–Trinajstić information content (AvgIpc) is 2.93. The van der Waals surface area contributed by atoms with E-state index in [9.17, 15) is 0 Å². The monoisotopic (exact) mass is 249 g/mol. The summed E-state index contributed by atoms with van der Waals surface area (Å²) in [5.74, 6) is 1.72. The summed E-state index contributed by atoms with van der Waals surface area (Å²) in [5, 5.41) is 8.28. The summed E-state index contributed by atoms with van der Waals surface area (Å²) in [7, 11) is 0. The third kappa shape index (κ3) is 2.94. The molecule has 1 aromatic rings. The molecule has 0 aromatic carbocycles. The molecule has 0 aliphatic heterocycles. The number of rotatable bonds is 5. The van der Waals surface area contributed by atoms with Gasteiger partial charge in [-0.2, -0.15) is 5.10 Å². The molecule has 1 aliphatic rings. The molecular formula is C15H27N3. The van der Waals surface area contributed by atoms with Crippen molar-refractivity contribution in [2.24, 2.45) is 11.8 Å². The molecule has 1 aliphatic carbocycles. The second-order valence-electron chi connectivity index (χ2n) is 5.97. The predicted molar refractivity (Wildman–Crippen MR) is 75.4 cm³/mol. The molecule has 18 heavy (non-hydrogen) atoms. The van der Waals surface area contributed by atoms with Crippen molar-refractivity contribution in [1.82, 2.24) is 15.1 Å². The number of nitrogens with zero attached hydrogens (tertiary/aromatic N) is 2. The highest BCUT2D eigenvalue weighted by Gasteiger charge is 2.30. The molecule has 1 aromatic heterocycles. The van der Waals surface area contributed by atoms with Crippen LogP contribution in [0.3, 0.4) is 0 Å². The molecular weight excluding hydrogens is 222 g/mol. The van der Waals surface area contributed by atoms with E-state index in [4.69, 9.17) is 0 Å². The number of aromatic nitrogens is 2. The van der Waals surface area contributed by atoms with Gasteiger partial charge in [-0.3, -0.25) is 4.68 Å². The quantitative estimate of drug-likeness (QED) is 0.867. The van der Waals surface area contributed by atoms with Gasteiger partial charge in [0.05, 0.1) is 5.69 Å². The molecule has 102 valence electrons. The fourth-order valence-electron chi connectivity index (χ4n) is 3.11. The first-order valence-electron chi connectivity index (χ1n) is 7.39. The van der Waals surface area contributed by atoms with Crippen LogP contribution in [-0.4, -0.2) is 15.8 Å². The zero-order valence-electron chi connectivity index (χ0n) is 12.2. The molecule has 3 nitrogen and oxygen atoms in total. The van der Waals surface area contributed by atoms with Crippen molar-refractivity contribution in [3.63, 3.8) is 0 Å². The SMILES string of the molecule is CCC1CCC(NCc2ccn(C(C)C)n2)C1C. The highest BCUT2D eigenvalue weighted by Crippen LogP contribution is 2.33. The minimum absolute atomic E-state index is 0.452. The molecule has 1 heterocycles. The van der Waals surface area contributed by atoms with Crippen LogP contribution in [0.25, 0.3) is 0 Å². The zero-order chi connectivity index (χ0) is 13.1. The van der Waals surface area contributed by atoms with Crippen molar-refractivity contribution in [1.29, 1.82) is 0 Å². The van der Waals surface area contributed by atoms with E-state index in [-0.39, 0.29) is 0 Å². The van der Waals surface area contributed by atoms with Gasteiger partial charge in [0.15, 0.2) is 0 Å². The fourth-order valence-corrected chi connectivity index (χ4v) is 3.11. The normalized spacial score (nSPS) is 28.2. The lowest BCUT2D eigenvalue weighted by Crippen LogP contribution is -2.32. The highest BCUT2D eigenvalue weighted by molar-refractivity contribution is 5.00. The lowest BCUT2D eigenvalue weighted by molar-refractivity contribution is 0.343. The Hall–Kier alpha value is -0.830. The van der Waals surface area contributed by atoms with Gasteiger partial charge in [-0.15, -0.1) is 0 Å². The van der Waals surface area contributed by atoms with E-state index in [1.807, 2.05) is 4.68 Å². The second kappa shape index (κ2) is 5.87. The smallest absolute Gasteiger partial charge is 0.0762 e. The van der Waals surface area contributed by atoms with Crippen molar-refractivity contribution in [3.8, 4) is 0 Å². The Morgan fingerprint density at radius 2 is 2.22 bits per heavy atom. The van der Waals surface area contributed by atoms with Gasteiger partial charge in [-0.1, -0.05) is 20.3 Å². The number of hydrogen-bond donors (Lipinski definition) is 1. The summed E-state index contributed by atoms with van der Waals surface area (Å²) in [6.07, 6.45) is 6.11. The van der Waals surface area contributed by atoms with Crippen LogP contribution in [0, 0.1) is 11.8 Å². The zero-order valence-corrected chi connectivity index (χ0v) is 12.2. The van der Waals surface area contributed by atoms with Crippen LogP contribution in [0.15, 0.2) is 12.3 Å². The molecule has 2 rings (SSSR count). The molecule has 0 bridgehead atoms. The minimum Gasteiger partial charge on any atom is -0.308 e. The van der Waals surface area contributed by atoms with Gasteiger partial charge in [0.1, 0.15) is 0 Å². The van der Waals surface area contributed by atoms with Crippen LogP contribution in [-0.2, 0) is 6.54 Å². The van der Waals surface area contributed by atoms with E-state index >= 15 is 0 Å². The molecule has 3 heteroatoms. The van der Waals surface area contributed by atoms with E-state index in [1.165, 1.54) is 19.3 Å². The highest BCUT2D eigenvalue weighted by atomic mass is 15.3. The lowest BCUT2D eigenvalue weighted by atomic mass is 9.93. The Labute approximate surface area is 111 Å². The van der Waals surface area contributed by atoms with E-state index in [0.717, 1.165) is 24.1 Å². The van der Waals surface area contributed by atoms with E-state index in [2.05, 4.69) is 50.4 Å².